The maximum atomic E-state index is 13.5. The van der Waals surface area contributed by atoms with Crippen LogP contribution in [0.5, 0.6) is 0 Å². The molecule has 0 bridgehead atoms. The SMILES string of the molecule is CC(C)(C)Nc1ccnc(C(=O)Nc2ccc(F)cc2F)c1. The second kappa shape index (κ2) is 6.09. The van der Waals surface area contributed by atoms with E-state index in [4.69, 9.17) is 0 Å². The number of nitrogens with one attached hydrogen (secondary N) is 2. The van der Waals surface area contributed by atoms with Gasteiger partial charge in [0.15, 0.2) is 0 Å². The first-order chi connectivity index (χ1) is 10.2. The third-order valence-corrected chi connectivity index (χ3v) is 2.69. The van der Waals surface area contributed by atoms with Crippen molar-refractivity contribution in [1.82, 2.24) is 4.98 Å². The van der Waals surface area contributed by atoms with Crippen LogP contribution in [0.25, 0.3) is 0 Å². The maximum Gasteiger partial charge on any atom is 0.274 e. The molecule has 1 heterocycles. The predicted octanol–water partition coefficient (Wildman–Crippen LogP) is 3.82. The van der Waals surface area contributed by atoms with E-state index < -0.39 is 17.5 Å². The fourth-order valence-electron chi connectivity index (χ4n) is 1.84. The van der Waals surface area contributed by atoms with Gasteiger partial charge in [0, 0.05) is 23.5 Å². The average molecular weight is 305 g/mol. The van der Waals surface area contributed by atoms with Crippen LogP contribution in [0.15, 0.2) is 36.5 Å². The molecule has 6 heteroatoms. The maximum absolute atomic E-state index is 13.5. The second-order valence-electron chi connectivity index (χ2n) is 5.88. The summed E-state index contributed by atoms with van der Waals surface area (Å²) in [4.78, 5) is 16.1. The number of nitrogens with zero attached hydrogens (tertiary/aromatic N) is 1. The molecule has 0 radical (unpaired) electrons. The van der Waals surface area contributed by atoms with Gasteiger partial charge in [-0.05, 0) is 45.0 Å². The van der Waals surface area contributed by atoms with Crippen molar-refractivity contribution in [2.45, 2.75) is 26.3 Å². The molecule has 0 aliphatic heterocycles. The fraction of sp³-hybridized carbons (Fsp3) is 0.250. The summed E-state index contributed by atoms with van der Waals surface area (Å²) in [5.74, 6) is -2.11. The van der Waals surface area contributed by atoms with Crippen LogP contribution in [-0.2, 0) is 0 Å². The van der Waals surface area contributed by atoms with E-state index in [1.807, 2.05) is 20.8 Å². The topological polar surface area (TPSA) is 54.0 Å². The van der Waals surface area contributed by atoms with Gasteiger partial charge in [-0.3, -0.25) is 9.78 Å². The van der Waals surface area contributed by atoms with E-state index in [9.17, 15) is 13.6 Å². The summed E-state index contributed by atoms with van der Waals surface area (Å²) < 4.78 is 26.4. The van der Waals surface area contributed by atoms with Crippen molar-refractivity contribution in [2.75, 3.05) is 10.6 Å². The Kier molecular flexibility index (Phi) is 4.40. The number of anilines is 2. The predicted molar refractivity (Wildman–Crippen MR) is 81.9 cm³/mol. The molecule has 0 saturated heterocycles. The highest BCUT2D eigenvalue weighted by atomic mass is 19.1. The van der Waals surface area contributed by atoms with Crippen molar-refractivity contribution in [3.05, 3.63) is 53.9 Å². The summed E-state index contributed by atoms with van der Waals surface area (Å²) in [5, 5.41) is 5.59. The standard InChI is InChI=1S/C16H17F2N3O/c1-16(2,3)21-11-6-7-19-14(9-11)15(22)20-13-5-4-10(17)8-12(13)18/h4-9H,1-3H3,(H,19,21)(H,20,22). The smallest absolute Gasteiger partial charge is 0.274 e. The Bertz CT molecular complexity index is 696. The number of rotatable bonds is 3. The molecule has 2 aromatic rings. The lowest BCUT2D eigenvalue weighted by Gasteiger charge is -2.22. The van der Waals surface area contributed by atoms with Gasteiger partial charge in [0.1, 0.15) is 17.3 Å². The first-order valence-corrected chi connectivity index (χ1v) is 6.75. The van der Waals surface area contributed by atoms with Crippen LogP contribution < -0.4 is 10.6 Å². The minimum absolute atomic E-state index is 0.0950. The molecule has 116 valence electrons. The minimum atomic E-state index is -0.836. The van der Waals surface area contributed by atoms with E-state index in [1.54, 1.807) is 12.1 Å². The first kappa shape index (κ1) is 15.9. The molecule has 1 aromatic carbocycles. The third-order valence-electron chi connectivity index (χ3n) is 2.69. The van der Waals surface area contributed by atoms with Crippen LogP contribution in [0, 0.1) is 11.6 Å². The summed E-state index contributed by atoms with van der Waals surface area (Å²) in [7, 11) is 0. The third kappa shape index (κ3) is 4.25. The Balaban J connectivity index is 2.17. The molecule has 0 saturated carbocycles. The number of aromatic nitrogens is 1. The molecule has 1 amide bonds. The quantitative estimate of drug-likeness (QED) is 0.906. The first-order valence-electron chi connectivity index (χ1n) is 6.75. The number of halogens is 2. The highest BCUT2D eigenvalue weighted by molar-refractivity contribution is 6.03. The summed E-state index contributed by atoms with van der Waals surface area (Å²) in [6.45, 7) is 5.96. The lowest BCUT2D eigenvalue weighted by molar-refractivity contribution is 0.102. The Morgan fingerprint density at radius 1 is 1.14 bits per heavy atom. The second-order valence-corrected chi connectivity index (χ2v) is 5.88. The van der Waals surface area contributed by atoms with Crippen LogP contribution in [0.3, 0.4) is 0 Å². The van der Waals surface area contributed by atoms with Gasteiger partial charge in [-0.1, -0.05) is 0 Å². The molecule has 0 fully saturated rings. The van der Waals surface area contributed by atoms with E-state index in [0.29, 0.717) is 6.07 Å². The summed E-state index contributed by atoms with van der Waals surface area (Å²) >= 11 is 0. The number of benzene rings is 1. The van der Waals surface area contributed by atoms with E-state index in [1.165, 1.54) is 12.3 Å². The Labute approximate surface area is 127 Å². The van der Waals surface area contributed by atoms with Gasteiger partial charge in [0.2, 0.25) is 0 Å². The Morgan fingerprint density at radius 2 is 1.86 bits per heavy atom. The van der Waals surface area contributed by atoms with Crippen LogP contribution in [0.1, 0.15) is 31.3 Å². The van der Waals surface area contributed by atoms with E-state index >= 15 is 0 Å². The van der Waals surface area contributed by atoms with Crippen LogP contribution >= 0.6 is 0 Å². The van der Waals surface area contributed by atoms with Gasteiger partial charge >= 0.3 is 0 Å². The van der Waals surface area contributed by atoms with Crippen molar-refractivity contribution in [3.8, 4) is 0 Å². The lowest BCUT2D eigenvalue weighted by atomic mass is 10.1. The summed E-state index contributed by atoms with van der Waals surface area (Å²) in [6, 6.07) is 6.26. The van der Waals surface area contributed by atoms with Gasteiger partial charge in [-0.2, -0.15) is 0 Å². The molecule has 0 atom stereocenters. The van der Waals surface area contributed by atoms with E-state index in [0.717, 1.165) is 11.8 Å². The fourth-order valence-corrected chi connectivity index (χ4v) is 1.84. The number of pyridine rings is 1. The minimum Gasteiger partial charge on any atom is -0.380 e. The van der Waals surface area contributed by atoms with Crippen LogP contribution in [-0.4, -0.2) is 16.4 Å². The molecular weight excluding hydrogens is 288 g/mol. The molecule has 4 nitrogen and oxygen atoms in total. The van der Waals surface area contributed by atoms with E-state index in [-0.39, 0.29) is 16.9 Å². The van der Waals surface area contributed by atoms with Crippen molar-refractivity contribution >= 4 is 17.3 Å². The summed E-state index contributed by atoms with van der Waals surface area (Å²) in [6.07, 6.45) is 1.49. The highest BCUT2D eigenvalue weighted by Gasteiger charge is 2.14. The number of hydrogen-bond acceptors (Lipinski definition) is 3. The van der Waals surface area contributed by atoms with Gasteiger partial charge in [-0.15, -0.1) is 0 Å². The average Bonchev–Trinajstić information content (AvgIpc) is 2.40. The molecule has 2 rings (SSSR count). The number of hydrogen-bond donors (Lipinski definition) is 2. The molecular formula is C16H17F2N3O. The lowest BCUT2D eigenvalue weighted by Crippen LogP contribution is -2.26. The number of carbonyl (C=O) groups excluding carboxylic acids is 1. The molecule has 2 N–H and O–H groups in total. The highest BCUT2D eigenvalue weighted by Crippen LogP contribution is 2.18. The van der Waals surface area contributed by atoms with Crippen LogP contribution in [0.2, 0.25) is 0 Å². The molecule has 1 aromatic heterocycles. The molecule has 22 heavy (non-hydrogen) atoms. The molecule has 0 aliphatic rings. The normalized spacial score (nSPS) is 11.1. The van der Waals surface area contributed by atoms with Crippen molar-refractivity contribution < 1.29 is 13.6 Å². The van der Waals surface area contributed by atoms with Crippen molar-refractivity contribution in [3.63, 3.8) is 0 Å². The summed E-state index contributed by atoms with van der Waals surface area (Å²) in [5.41, 5.74) is 0.602. The molecule has 0 spiro atoms. The van der Waals surface area contributed by atoms with Crippen molar-refractivity contribution in [2.24, 2.45) is 0 Å². The number of carbonyl (C=O) groups is 1. The van der Waals surface area contributed by atoms with Gasteiger partial charge < -0.3 is 10.6 Å². The van der Waals surface area contributed by atoms with Crippen LogP contribution in [0.4, 0.5) is 20.2 Å². The monoisotopic (exact) mass is 305 g/mol. The zero-order valence-corrected chi connectivity index (χ0v) is 12.6. The Hall–Kier alpha value is -2.50. The van der Waals surface area contributed by atoms with Gasteiger partial charge in [-0.25, -0.2) is 8.78 Å². The zero-order chi connectivity index (χ0) is 16.3. The molecule has 0 unspecified atom stereocenters. The van der Waals surface area contributed by atoms with Crippen molar-refractivity contribution in [1.29, 1.82) is 0 Å². The van der Waals surface area contributed by atoms with Gasteiger partial charge in [0.05, 0.1) is 5.69 Å². The largest absolute Gasteiger partial charge is 0.380 e. The van der Waals surface area contributed by atoms with Gasteiger partial charge in [0.25, 0.3) is 5.91 Å². The molecule has 0 aliphatic carbocycles. The van der Waals surface area contributed by atoms with E-state index in [2.05, 4.69) is 15.6 Å². The zero-order valence-electron chi connectivity index (χ0n) is 12.6. The Morgan fingerprint density at radius 3 is 2.50 bits per heavy atom. The number of amides is 1.